The van der Waals surface area contributed by atoms with Gasteiger partial charge < -0.3 is 24.6 Å². The van der Waals surface area contributed by atoms with Crippen molar-refractivity contribution in [3.63, 3.8) is 0 Å². The van der Waals surface area contributed by atoms with Crippen molar-refractivity contribution in [2.45, 2.75) is 45.9 Å². The maximum atomic E-state index is 13.3. The molecule has 1 aliphatic heterocycles. The standard InChI is InChI=1S/C26H35N3O5/c1-6-7-9-12-20(2)22(27-24(31)33-19-21-13-10-8-11-14-21)23(30)28-15-17-29(18-16-28)25(32)34-26(3,4)5/h6-14,22H,2,15-19H2,1,3-5H3,(H,27,31)/b7-6-,12-9-/t22-/m0/s1. The van der Waals surface area contributed by atoms with E-state index in [-0.39, 0.29) is 12.5 Å². The average molecular weight is 470 g/mol. The normalized spacial score (nSPS) is 15.3. The van der Waals surface area contributed by atoms with Gasteiger partial charge >= 0.3 is 12.2 Å². The summed E-state index contributed by atoms with van der Waals surface area (Å²) in [5.74, 6) is -0.310. The minimum Gasteiger partial charge on any atom is -0.445 e. The number of carbonyl (C=O) groups is 3. The smallest absolute Gasteiger partial charge is 0.410 e. The molecule has 1 heterocycles. The van der Waals surface area contributed by atoms with Gasteiger partial charge in [-0.15, -0.1) is 0 Å². The molecule has 0 saturated carbocycles. The molecule has 0 spiro atoms. The lowest BCUT2D eigenvalue weighted by Crippen LogP contribution is -2.56. The van der Waals surface area contributed by atoms with Crippen LogP contribution in [-0.4, -0.2) is 65.7 Å². The van der Waals surface area contributed by atoms with Crippen LogP contribution in [0.1, 0.15) is 33.3 Å². The van der Waals surface area contributed by atoms with Crippen molar-refractivity contribution < 1.29 is 23.9 Å². The van der Waals surface area contributed by atoms with Crippen molar-refractivity contribution in [3.8, 4) is 0 Å². The second-order valence-corrected chi connectivity index (χ2v) is 8.89. The molecule has 0 aliphatic carbocycles. The van der Waals surface area contributed by atoms with E-state index in [9.17, 15) is 14.4 Å². The number of allylic oxidation sites excluding steroid dienone is 3. The maximum absolute atomic E-state index is 13.3. The van der Waals surface area contributed by atoms with Gasteiger partial charge in [-0.05, 0) is 38.8 Å². The average Bonchev–Trinajstić information content (AvgIpc) is 2.80. The first-order valence-corrected chi connectivity index (χ1v) is 11.3. The van der Waals surface area contributed by atoms with E-state index in [2.05, 4.69) is 11.9 Å². The number of piperazine rings is 1. The van der Waals surface area contributed by atoms with E-state index >= 15 is 0 Å². The first-order chi connectivity index (χ1) is 16.1. The molecule has 8 nitrogen and oxygen atoms in total. The van der Waals surface area contributed by atoms with E-state index < -0.39 is 23.8 Å². The highest BCUT2D eigenvalue weighted by atomic mass is 16.6. The van der Waals surface area contributed by atoms with E-state index in [1.807, 2.05) is 64.1 Å². The number of rotatable bonds is 7. The van der Waals surface area contributed by atoms with Gasteiger partial charge in [0, 0.05) is 26.2 Å². The number of amides is 3. The molecular formula is C26H35N3O5. The van der Waals surface area contributed by atoms with Gasteiger partial charge in [0.25, 0.3) is 0 Å². The Hall–Kier alpha value is -3.55. The fourth-order valence-electron chi connectivity index (χ4n) is 3.20. The first kappa shape index (κ1) is 26.7. The Morgan fingerprint density at radius 2 is 1.68 bits per heavy atom. The van der Waals surface area contributed by atoms with Crippen LogP contribution in [0.15, 0.2) is 66.8 Å². The molecule has 0 aromatic heterocycles. The molecule has 3 amide bonds. The molecule has 1 aliphatic rings. The number of nitrogens with zero attached hydrogens (tertiary/aromatic N) is 2. The molecule has 1 aromatic carbocycles. The molecule has 184 valence electrons. The number of alkyl carbamates (subject to hydrolysis) is 1. The quantitative estimate of drug-likeness (QED) is 0.609. The molecule has 0 radical (unpaired) electrons. The van der Waals surface area contributed by atoms with Crippen LogP contribution >= 0.6 is 0 Å². The Kier molecular flexibility index (Phi) is 9.92. The molecule has 0 unspecified atom stereocenters. The Morgan fingerprint density at radius 3 is 2.26 bits per heavy atom. The van der Waals surface area contributed by atoms with Gasteiger partial charge in [0.1, 0.15) is 18.2 Å². The Balaban J connectivity index is 2.02. The van der Waals surface area contributed by atoms with E-state index in [4.69, 9.17) is 9.47 Å². The Labute approximate surface area is 201 Å². The lowest BCUT2D eigenvalue weighted by atomic mass is 10.1. The summed E-state index contributed by atoms with van der Waals surface area (Å²) in [4.78, 5) is 41.3. The molecule has 0 bridgehead atoms. The number of hydrogen-bond donors (Lipinski definition) is 1. The molecule has 1 fully saturated rings. The summed E-state index contributed by atoms with van der Waals surface area (Å²) >= 11 is 0. The fraction of sp³-hybridized carbons (Fsp3) is 0.423. The predicted molar refractivity (Wildman–Crippen MR) is 131 cm³/mol. The van der Waals surface area contributed by atoms with Gasteiger partial charge in [-0.1, -0.05) is 61.2 Å². The Bertz CT molecular complexity index is 910. The van der Waals surface area contributed by atoms with Gasteiger partial charge in [0.15, 0.2) is 0 Å². The van der Waals surface area contributed by atoms with Crippen molar-refractivity contribution in [2.24, 2.45) is 0 Å². The largest absolute Gasteiger partial charge is 0.445 e. The zero-order valence-corrected chi connectivity index (χ0v) is 20.5. The van der Waals surface area contributed by atoms with Crippen LogP contribution in [0.2, 0.25) is 0 Å². The molecule has 1 N–H and O–H groups in total. The fourth-order valence-corrected chi connectivity index (χ4v) is 3.20. The van der Waals surface area contributed by atoms with E-state index in [1.165, 1.54) is 0 Å². The van der Waals surface area contributed by atoms with Crippen molar-refractivity contribution in [2.75, 3.05) is 26.2 Å². The summed E-state index contributed by atoms with van der Waals surface area (Å²) in [7, 11) is 0. The number of benzene rings is 1. The third-order valence-electron chi connectivity index (χ3n) is 4.95. The van der Waals surface area contributed by atoms with Crippen LogP contribution in [0.5, 0.6) is 0 Å². The predicted octanol–water partition coefficient (Wildman–Crippen LogP) is 4.05. The van der Waals surface area contributed by atoms with E-state index in [1.54, 1.807) is 28.0 Å². The van der Waals surface area contributed by atoms with E-state index in [0.29, 0.717) is 31.8 Å². The number of carbonyl (C=O) groups excluding carboxylic acids is 3. The van der Waals surface area contributed by atoms with Crippen LogP contribution < -0.4 is 5.32 Å². The van der Waals surface area contributed by atoms with Gasteiger partial charge in [-0.2, -0.15) is 0 Å². The SMILES string of the molecule is C=C(/C=C\C=C/C)[C@H](NC(=O)OCc1ccccc1)C(=O)N1CCN(C(=O)OC(C)(C)C)CC1. The minimum atomic E-state index is -0.988. The van der Waals surface area contributed by atoms with E-state index in [0.717, 1.165) is 5.56 Å². The molecule has 1 saturated heterocycles. The second-order valence-electron chi connectivity index (χ2n) is 8.89. The van der Waals surface area contributed by atoms with Crippen molar-refractivity contribution >= 4 is 18.1 Å². The Morgan fingerprint density at radius 1 is 1.06 bits per heavy atom. The molecule has 2 rings (SSSR count). The lowest BCUT2D eigenvalue weighted by molar-refractivity contribution is -0.134. The van der Waals surface area contributed by atoms with Crippen LogP contribution in [-0.2, 0) is 20.9 Å². The van der Waals surface area contributed by atoms with Gasteiger partial charge in [0.2, 0.25) is 5.91 Å². The third kappa shape index (κ3) is 8.77. The summed E-state index contributed by atoms with van der Waals surface area (Å²) in [6, 6.07) is 8.29. The van der Waals surface area contributed by atoms with Crippen molar-refractivity contribution in [1.82, 2.24) is 15.1 Å². The second kappa shape index (κ2) is 12.6. The maximum Gasteiger partial charge on any atom is 0.410 e. The zero-order valence-electron chi connectivity index (χ0n) is 20.5. The third-order valence-corrected chi connectivity index (χ3v) is 4.95. The molecular weight excluding hydrogens is 434 g/mol. The molecule has 1 atom stereocenters. The molecule has 1 aromatic rings. The summed E-state index contributed by atoms with van der Waals surface area (Å²) in [5.41, 5.74) is 0.677. The van der Waals surface area contributed by atoms with Crippen molar-refractivity contribution in [3.05, 3.63) is 72.4 Å². The van der Waals surface area contributed by atoms with Crippen LogP contribution in [0.25, 0.3) is 0 Å². The number of hydrogen-bond acceptors (Lipinski definition) is 5. The highest BCUT2D eigenvalue weighted by Crippen LogP contribution is 2.14. The highest BCUT2D eigenvalue weighted by Gasteiger charge is 2.32. The first-order valence-electron chi connectivity index (χ1n) is 11.3. The summed E-state index contributed by atoms with van der Waals surface area (Å²) in [6.45, 7) is 12.7. The summed E-state index contributed by atoms with van der Waals surface area (Å²) < 4.78 is 10.7. The summed E-state index contributed by atoms with van der Waals surface area (Å²) in [6.07, 6.45) is 5.96. The zero-order chi connectivity index (χ0) is 25.1. The van der Waals surface area contributed by atoms with Crippen LogP contribution in [0, 0.1) is 0 Å². The molecule has 8 heteroatoms. The van der Waals surface area contributed by atoms with Crippen molar-refractivity contribution in [1.29, 1.82) is 0 Å². The minimum absolute atomic E-state index is 0.0863. The summed E-state index contributed by atoms with van der Waals surface area (Å²) in [5, 5.41) is 2.64. The molecule has 34 heavy (non-hydrogen) atoms. The lowest BCUT2D eigenvalue weighted by Gasteiger charge is -2.37. The number of nitrogens with one attached hydrogen (secondary N) is 1. The van der Waals surface area contributed by atoms with Crippen LogP contribution in [0.3, 0.4) is 0 Å². The van der Waals surface area contributed by atoms with Gasteiger partial charge in [-0.3, -0.25) is 4.79 Å². The van der Waals surface area contributed by atoms with Gasteiger partial charge in [0.05, 0.1) is 0 Å². The number of ether oxygens (including phenoxy) is 2. The monoisotopic (exact) mass is 469 g/mol. The highest BCUT2D eigenvalue weighted by molar-refractivity contribution is 5.89. The van der Waals surface area contributed by atoms with Gasteiger partial charge in [-0.25, -0.2) is 9.59 Å². The topological polar surface area (TPSA) is 88.2 Å². The van der Waals surface area contributed by atoms with Crippen LogP contribution in [0.4, 0.5) is 9.59 Å².